The molecule has 2 aromatic carbocycles. The number of amides is 3. The molecule has 0 aliphatic carbocycles. The summed E-state index contributed by atoms with van der Waals surface area (Å²) in [5.74, 6) is -2.86. The molecule has 3 amide bonds. The van der Waals surface area contributed by atoms with E-state index in [0.29, 0.717) is 22.2 Å². The van der Waals surface area contributed by atoms with E-state index in [2.05, 4.69) is 10.3 Å². The number of carbonyl (C=O) groups is 3. The fourth-order valence-electron chi connectivity index (χ4n) is 3.68. The fourth-order valence-corrected chi connectivity index (χ4v) is 3.93. The average Bonchev–Trinajstić information content (AvgIpc) is 3.27. The molecule has 1 fully saturated rings. The third-order valence-electron chi connectivity index (χ3n) is 5.29. The maximum absolute atomic E-state index is 13.5. The molecule has 5 N–H and O–H groups in total. The van der Waals surface area contributed by atoms with Gasteiger partial charge in [-0.2, -0.15) is 0 Å². The number of hydrogen-bond donors (Lipinski definition) is 4. The zero-order valence-corrected chi connectivity index (χ0v) is 16.9. The van der Waals surface area contributed by atoms with Crippen LogP contribution in [0.4, 0.5) is 10.1 Å². The van der Waals surface area contributed by atoms with Gasteiger partial charge < -0.3 is 26.0 Å². The second kappa shape index (κ2) is 7.68. The van der Waals surface area contributed by atoms with Gasteiger partial charge in [0, 0.05) is 47.3 Å². The Morgan fingerprint density at radius 3 is 2.77 bits per heavy atom. The minimum Gasteiger partial charge on any atom is -0.372 e. The largest absolute Gasteiger partial charge is 0.372 e. The van der Waals surface area contributed by atoms with Crippen molar-refractivity contribution in [1.29, 1.82) is 0 Å². The molecular formula is C21H18ClFN4O4. The number of hydrogen-bond acceptors (Lipinski definition) is 4. The number of aliphatic hydroxyl groups is 1. The molecule has 1 aliphatic heterocycles. The molecule has 0 radical (unpaired) electrons. The summed E-state index contributed by atoms with van der Waals surface area (Å²) < 4.78 is 13.5. The number of anilines is 1. The van der Waals surface area contributed by atoms with Gasteiger partial charge in [0.05, 0.1) is 5.56 Å². The Kier molecular flexibility index (Phi) is 5.16. The van der Waals surface area contributed by atoms with Crippen LogP contribution in [0.1, 0.15) is 22.3 Å². The molecule has 10 heteroatoms. The Balaban J connectivity index is 1.53. The number of primary amides is 1. The molecule has 0 spiro atoms. The van der Waals surface area contributed by atoms with E-state index < -0.39 is 29.1 Å². The van der Waals surface area contributed by atoms with Crippen LogP contribution in [-0.2, 0) is 16.1 Å². The lowest BCUT2D eigenvalue weighted by Gasteiger charge is -2.22. The molecule has 1 aliphatic rings. The molecular weight excluding hydrogens is 427 g/mol. The third kappa shape index (κ3) is 3.73. The van der Waals surface area contributed by atoms with Crippen LogP contribution in [0.5, 0.6) is 0 Å². The second-order valence-electron chi connectivity index (χ2n) is 7.32. The van der Waals surface area contributed by atoms with Crippen LogP contribution in [0.2, 0.25) is 5.02 Å². The first kappa shape index (κ1) is 20.8. The monoisotopic (exact) mass is 444 g/mol. The molecule has 2 heterocycles. The summed E-state index contributed by atoms with van der Waals surface area (Å²) in [6, 6.07) is 8.71. The minimum atomic E-state index is -2.27. The lowest BCUT2D eigenvalue weighted by Crippen LogP contribution is -2.52. The summed E-state index contributed by atoms with van der Waals surface area (Å²) in [6.07, 6.45) is 1.35. The quantitative estimate of drug-likeness (QED) is 0.447. The maximum Gasteiger partial charge on any atom is 0.268 e. The highest BCUT2D eigenvalue weighted by Crippen LogP contribution is 2.31. The first-order chi connectivity index (χ1) is 14.7. The summed E-state index contributed by atoms with van der Waals surface area (Å²) >= 11 is 5.80. The Morgan fingerprint density at radius 1 is 1.29 bits per heavy atom. The van der Waals surface area contributed by atoms with Crippen molar-refractivity contribution in [1.82, 2.24) is 10.3 Å². The number of rotatable bonds is 5. The Hall–Kier alpha value is -3.43. The van der Waals surface area contributed by atoms with E-state index in [-0.39, 0.29) is 30.1 Å². The van der Waals surface area contributed by atoms with Crippen LogP contribution in [0.15, 0.2) is 42.6 Å². The van der Waals surface area contributed by atoms with Crippen molar-refractivity contribution in [2.24, 2.45) is 5.73 Å². The number of aromatic amines is 1. The van der Waals surface area contributed by atoms with Crippen molar-refractivity contribution >= 4 is 45.9 Å². The molecule has 8 nitrogen and oxygen atoms in total. The third-order valence-corrected chi connectivity index (χ3v) is 5.51. The normalized spacial score (nSPS) is 18.5. The van der Waals surface area contributed by atoms with Gasteiger partial charge >= 0.3 is 0 Å². The van der Waals surface area contributed by atoms with Gasteiger partial charge in [-0.3, -0.25) is 14.4 Å². The summed E-state index contributed by atoms with van der Waals surface area (Å²) in [4.78, 5) is 41.3. The van der Waals surface area contributed by atoms with Crippen molar-refractivity contribution in [2.45, 2.75) is 18.6 Å². The van der Waals surface area contributed by atoms with Crippen molar-refractivity contribution < 1.29 is 23.9 Å². The van der Waals surface area contributed by atoms with E-state index in [9.17, 15) is 23.9 Å². The first-order valence-electron chi connectivity index (χ1n) is 9.37. The average molecular weight is 445 g/mol. The summed E-state index contributed by atoms with van der Waals surface area (Å²) in [6.45, 7) is -0.0143. The summed E-state index contributed by atoms with van der Waals surface area (Å²) in [5, 5.41) is 13.9. The van der Waals surface area contributed by atoms with Crippen LogP contribution >= 0.6 is 11.6 Å². The van der Waals surface area contributed by atoms with Crippen molar-refractivity contribution in [3.8, 4) is 0 Å². The van der Waals surface area contributed by atoms with Gasteiger partial charge in [0.25, 0.3) is 17.7 Å². The number of fused-ring (bicyclic) bond motifs is 1. The van der Waals surface area contributed by atoms with Crippen LogP contribution in [0.3, 0.4) is 0 Å². The lowest BCUT2D eigenvalue weighted by atomic mass is 10.0. The van der Waals surface area contributed by atoms with Gasteiger partial charge in [-0.25, -0.2) is 4.39 Å². The van der Waals surface area contributed by atoms with Crippen molar-refractivity contribution in [3.63, 3.8) is 0 Å². The van der Waals surface area contributed by atoms with Gasteiger partial charge in [0.2, 0.25) is 5.60 Å². The van der Waals surface area contributed by atoms with Gasteiger partial charge in [-0.15, -0.1) is 0 Å². The highest BCUT2D eigenvalue weighted by molar-refractivity contribution is 6.30. The second-order valence-corrected chi connectivity index (χ2v) is 7.76. The van der Waals surface area contributed by atoms with Gasteiger partial charge in [0.1, 0.15) is 5.82 Å². The molecule has 160 valence electrons. The number of H-pyrrole nitrogens is 1. The van der Waals surface area contributed by atoms with E-state index in [0.717, 1.165) is 6.07 Å². The van der Waals surface area contributed by atoms with Gasteiger partial charge in [-0.1, -0.05) is 11.6 Å². The van der Waals surface area contributed by atoms with Crippen molar-refractivity contribution in [2.75, 3.05) is 11.4 Å². The molecule has 1 aromatic heterocycles. The highest BCUT2D eigenvalue weighted by atomic mass is 35.5. The SMILES string of the molecule is NC(=O)c1c[nH]c2ccc(N3CC[C@](O)(C(=O)NCc4cc(F)cc(Cl)c4)C3=O)cc12. The Bertz CT molecular complexity index is 1210. The standard InChI is InChI=1S/C21H18ClFN4O4/c22-12-5-11(6-13(23)7-12)9-26-19(29)21(31)3-4-27(20(21)30)14-1-2-17-15(8-14)16(10-25-17)18(24)28/h1-2,5-8,10,25,31H,3-4,9H2,(H2,24,28)(H,26,29)/t21-/m0/s1. The van der Waals surface area contributed by atoms with Crippen LogP contribution < -0.4 is 16.0 Å². The van der Waals surface area contributed by atoms with Crippen LogP contribution in [0, 0.1) is 5.82 Å². The maximum atomic E-state index is 13.5. The highest BCUT2D eigenvalue weighted by Gasteiger charge is 2.51. The molecule has 1 saturated heterocycles. The number of nitrogens with one attached hydrogen (secondary N) is 2. The minimum absolute atomic E-state index is 0.0936. The number of nitrogens with zero attached hydrogens (tertiary/aromatic N) is 1. The smallest absolute Gasteiger partial charge is 0.268 e. The van der Waals surface area contributed by atoms with Gasteiger partial charge in [-0.05, 0) is 42.0 Å². The topological polar surface area (TPSA) is 129 Å². The zero-order chi connectivity index (χ0) is 22.3. The first-order valence-corrected chi connectivity index (χ1v) is 9.75. The van der Waals surface area contributed by atoms with Gasteiger partial charge in [0.15, 0.2) is 0 Å². The van der Waals surface area contributed by atoms with E-state index >= 15 is 0 Å². The molecule has 0 saturated carbocycles. The molecule has 1 atom stereocenters. The number of halogens is 2. The molecule has 0 unspecified atom stereocenters. The number of benzene rings is 2. The van der Waals surface area contributed by atoms with Crippen molar-refractivity contribution in [3.05, 3.63) is 64.6 Å². The lowest BCUT2D eigenvalue weighted by molar-refractivity contribution is -0.149. The van der Waals surface area contributed by atoms with Crippen LogP contribution in [0.25, 0.3) is 10.9 Å². The Morgan fingerprint density at radius 2 is 2.06 bits per heavy atom. The number of aromatic nitrogens is 1. The number of carbonyl (C=O) groups excluding carboxylic acids is 3. The zero-order valence-electron chi connectivity index (χ0n) is 16.1. The molecule has 4 rings (SSSR count). The van der Waals surface area contributed by atoms with E-state index in [1.807, 2.05) is 0 Å². The fraction of sp³-hybridized carbons (Fsp3) is 0.190. The van der Waals surface area contributed by atoms with E-state index in [4.69, 9.17) is 17.3 Å². The molecule has 0 bridgehead atoms. The predicted molar refractivity (Wildman–Crippen MR) is 112 cm³/mol. The molecule has 3 aromatic rings. The summed E-state index contributed by atoms with van der Waals surface area (Å²) in [5.41, 5.74) is 4.84. The Labute approximate surface area is 180 Å². The molecule has 31 heavy (non-hydrogen) atoms. The van der Waals surface area contributed by atoms with E-state index in [1.54, 1.807) is 18.2 Å². The predicted octanol–water partition coefficient (Wildman–Crippen LogP) is 1.84. The van der Waals surface area contributed by atoms with E-state index in [1.165, 1.54) is 23.2 Å². The van der Waals surface area contributed by atoms with Crippen LogP contribution in [-0.4, -0.2) is 40.0 Å². The summed E-state index contributed by atoms with van der Waals surface area (Å²) in [7, 11) is 0. The number of nitrogens with two attached hydrogens (primary N) is 1.